The maximum atomic E-state index is 13.3. The normalized spacial score (nSPS) is 14.3. The van der Waals surface area contributed by atoms with Crippen molar-refractivity contribution in [2.75, 3.05) is 40.1 Å². The Kier molecular flexibility index (Phi) is 6.94. The Hall–Kier alpha value is -1.01. The Morgan fingerprint density at radius 3 is 2.68 bits per heavy atom. The van der Waals surface area contributed by atoms with E-state index in [0.717, 1.165) is 0 Å². The lowest BCUT2D eigenvalue weighted by atomic mass is 9.78. The standard InChI is InChI=1S/C14H22FNO3/c1-18-7-8-19-6-5-14(10-16,11-17)12-3-2-4-13(15)9-12/h2-4,9,17H,5-8,10-11,16H2,1H3. The van der Waals surface area contributed by atoms with Crippen molar-refractivity contribution in [2.24, 2.45) is 5.73 Å². The van der Waals surface area contributed by atoms with Crippen LogP contribution in [0.15, 0.2) is 24.3 Å². The van der Waals surface area contributed by atoms with E-state index >= 15 is 0 Å². The van der Waals surface area contributed by atoms with E-state index in [1.807, 2.05) is 0 Å². The van der Waals surface area contributed by atoms with E-state index in [0.29, 0.717) is 31.8 Å². The molecule has 108 valence electrons. The van der Waals surface area contributed by atoms with E-state index in [2.05, 4.69) is 0 Å². The molecule has 1 aromatic carbocycles. The summed E-state index contributed by atoms with van der Waals surface area (Å²) in [6.07, 6.45) is 0.535. The molecule has 0 aliphatic heterocycles. The summed E-state index contributed by atoms with van der Waals surface area (Å²) in [5, 5.41) is 9.64. The molecule has 0 bridgehead atoms. The quantitative estimate of drug-likeness (QED) is 0.659. The molecule has 1 atom stereocenters. The average molecular weight is 271 g/mol. The summed E-state index contributed by atoms with van der Waals surface area (Å²) in [7, 11) is 1.61. The SMILES string of the molecule is COCCOCCC(CN)(CO)c1cccc(F)c1. The van der Waals surface area contributed by atoms with Crippen molar-refractivity contribution < 1.29 is 19.0 Å². The van der Waals surface area contributed by atoms with Crippen LogP contribution in [0.3, 0.4) is 0 Å². The predicted octanol–water partition coefficient (Wildman–Crippen LogP) is 1.07. The summed E-state index contributed by atoms with van der Waals surface area (Å²) in [5.74, 6) is -0.330. The maximum absolute atomic E-state index is 13.3. The second kappa shape index (κ2) is 8.22. The van der Waals surface area contributed by atoms with Crippen molar-refractivity contribution in [2.45, 2.75) is 11.8 Å². The van der Waals surface area contributed by atoms with E-state index < -0.39 is 5.41 Å². The van der Waals surface area contributed by atoms with Gasteiger partial charge in [0.15, 0.2) is 0 Å². The summed E-state index contributed by atoms with van der Waals surface area (Å²) in [6.45, 7) is 1.55. The number of hydrogen-bond donors (Lipinski definition) is 2. The van der Waals surface area contributed by atoms with Crippen LogP contribution >= 0.6 is 0 Å². The number of aliphatic hydroxyl groups is 1. The van der Waals surface area contributed by atoms with Crippen LogP contribution in [-0.4, -0.2) is 45.2 Å². The Bertz CT molecular complexity index is 369. The number of aliphatic hydroxyl groups excluding tert-OH is 1. The number of halogens is 1. The van der Waals surface area contributed by atoms with Crippen molar-refractivity contribution in [1.82, 2.24) is 0 Å². The molecule has 0 amide bonds. The molecule has 1 aromatic rings. The maximum Gasteiger partial charge on any atom is 0.123 e. The zero-order valence-corrected chi connectivity index (χ0v) is 11.3. The van der Waals surface area contributed by atoms with Gasteiger partial charge in [0.25, 0.3) is 0 Å². The molecule has 5 heteroatoms. The van der Waals surface area contributed by atoms with E-state index in [1.165, 1.54) is 12.1 Å². The van der Waals surface area contributed by atoms with E-state index in [-0.39, 0.29) is 19.0 Å². The van der Waals surface area contributed by atoms with Gasteiger partial charge >= 0.3 is 0 Å². The third kappa shape index (κ3) is 4.54. The number of hydrogen-bond acceptors (Lipinski definition) is 4. The van der Waals surface area contributed by atoms with Crippen molar-refractivity contribution in [3.63, 3.8) is 0 Å². The lowest BCUT2D eigenvalue weighted by molar-refractivity contribution is 0.0538. The Morgan fingerprint density at radius 2 is 2.11 bits per heavy atom. The third-order valence-corrected chi connectivity index (χ3v) is 3.29. The molecule has 1 rings (SSSR count). The average Bonchev–Trinajstić information content (AvgIpc) is 2.43. The number of methoxy groups -OCH3 is 1. The summed E-state index contributed by atoms with van der Waals surface area (Å²) in [6, 6.07) is 6.19. The first-order chi connectivity index (χ1) is 9.18. The molecular formula is C14H22FNO3. The van der Waals surface area contributed by atoms with Gasteiger partial charge in [0.05, 0.1) is 19.8 Å². The smallest absolute Gasteiger partial charge is 0.123 e. The summed E-state index contributed by atoms with van der Waals surface area (Å²) < 4.78 is 23.6. The number of ether oxygens (including phenoxy) is 2. The third-order valence-electron chi connectivity index (χ3n) is 3.29. The Morgan fingerprint density at radius 1 is 1.32 bits per heavy atom. The van der Waals surface area contributed by atoms with Gasteiger partial charge in [0.1, 0.15) is 5.82 Å². The molecule has 0 aliphatic rings. The molecule has 0 saturated heterocycles. The molecule has 0 fully saturated rings. The van der Waals surface area contributed by atoms with Crippen LogP contribution in [0.1, 0.15) is 12.0 Å². The Balaban J connectivity index is 2.68. The number of rotatable bonds is 9. The fourth-order valence-corrected chi connectivity index (χ4v) is 1.93. The van der Waals surface area contributed by atoms with Crippen LogP contribution in [0.5, 0.6) is 0 Å². The highest BCUT2D eigenvalue weighted by Crippen LogP contribution is 2.27. The molecule has 0 aromatic heterocycles. The fourth-order valence-electron chi connectivity index (χ4n) is 1.93. The van der Waals surface area contributed by atoms with Crippen LogP contribution in [0, 0.1) is 5.82 Å². The van der Waals surface area contributed by atoms with Crippen LogP contribution in [-0.2, 0) is 14.9 Å². The molecule has 19 heavy (non-hydrogen) atoms. The highest BCUT2D eigenvalue weighted by Gasteiger charge is 2.30. The molecule has 0 saturated carbocycles. The van der Waals surface area contributed by atoms with Crippen LogP contribution in [0.25, 0.3) is 0 Å². The van der Waals surface area contributed by atoms with E-state index in [9.17, 15) is 9.50 Å². The highest BCUT2D eigenvalue weighted by atomic mass is 19.1. The second-order valence-electron chi connectivity index (χ2n) is 4.51. The van der Waals surface area contributed by atoms with Gasteiger partial charge in [0, 0.05) is 25.7 Å². The van der Waals surface area contributed by atoms with Crippen molar-refractivity contribution in [3.05, 3.63) is 35.6 Å². The van der Waals surface area contributed by atoms with Crippen LogP contribution in [0.2, 0.25) is 0 Å². The Labute approximate surface area is 113 Å². The minimum Gasteiger partial charge on any atom is -0.395 e. The number of nitrogens with two attached hydrogens (primary N) is 1. The molecule has 0 radical (unpaired) electrons. The summed E-state index contributed by atoms with van der Waals surface area (Å²) in [5.41, 5.74) is 5.82. The van der Waals surface area contributed by atoms with Gasteiger partial charge in [0.2, 0.25) is 0 Å². The van der Waals surface area contributed by atoms with Gasteiger partial charge in [-0.2, -0.15) is 0 Å². The monoisotopic (exact) mass is 271 g/mol. The molecule has 1 unspecified atom stereocenters. The number of benzene rings is 1. The van der Waals surface area contributed by atoms with Gasteiger partial charge < -0.3 is 20.3 Å². The van der Waals surface area contributed by atoms with Gasteiger partial charge in [-0.3, -0.25) is 0 Å². The topological polar surface area (TPSA) is 64.7 Å². The zero-order valence-electron chi connectivity index (χ0n) is 11.3. The lowest BCUT2D eigenvalue weighted by Gasteiger charge is -2.31. The predicted molar refractivity (Wildman–Crippen MR) is 71.5 cm³/mol. The first-order valence-electron chi connectivity index (χ1n) is 6.32. The van der Waals surface area contributed by atoms with Crippen molar-refractivity contribution >= 4 is 0 Å². The molecular weight excluding hydrogens is 249 g/mol. The summed E-state index contributed by atoms with van der Waals surface area (Å²) >= 11 is 0. The van der Waals surface area contributed by atoms with Gasteiger partial charge in [-0.15, -0.1) is 0 Å². The molecule has 0 heterocycles. The fraction of sp³-hybridized carbons (Fsp3) is 0.571. The minimum atomic E-state index is -0.658. The zero-order chi connectivity index (χ0) is 14.1. The van der Waals surface area contributed by atoms with Gasteiger partial charge in [-0.1, -0.05) is 12.1 Å². The van der Waals surface area contributed by atoms with Crippen molar-refractivity contribution in [1.29, 1.82) is 0 Å². The molecule has 0 spiro atoms. The second-order valence-corrected chi connectivity index (χ2v) is 4.51. The van der Waals surface area contributed by atoms with E-state index in [4.69, 9.17) is 15.2 Å². The highest BCUT2D eigenvalue weighted by molar-refractivity contribution is 5.27. The van der Waals surface area contributed by atoms with Crippen LogP contribution in [0.4, 0.5) is 4.39 Å². The minimum absolute atomic E-state index is 0.138. The molecule has 0 aliphatic carbocycles. The lowest BCUT2D eigenvalue weighted by Crippen LogP contribution is -2.40. The largest absolute Gasteiger partial charge is 0.395 e. The van der Waals surface area contributed by atoms with E-state index in [1.54, 1.807) is 19.2 Å². The van der Waals surface area contributed by atoms with Gasteiger partial charge in [-0.05, 0) is 24.1 Å². The molecule has 4 nitrogen and oxygen atoms in total. The first kappa shape index (κ1) is 16.0. The van der Waals surface area contributed by atoms with Gasteiger partial charge in [-0.25, -0.2) is 4.39 Å². The van der Waals surface area contributed by atoms with Crippen LogP contribution < -0.4 is 5.73 Å². The summed E-state index contributed by atoms with van der Waals surface area (Å²) in [4.78, 5) is 0. The molecule has 3 N–H and O–H groups in total. The first-order valence-corrected chi connectivity index (χ1v) is 6.32. The van der Waals surface area contributed by atoms with Crippen molar-refractivity contribution in [3.8, 4) is 0 Å².